The van der Waals surface area contributed by atoms with Gasteiger partial charge in [-0.15, -0.1) is 0 Å². The second kappa shape index (κ2) is 4.38. The summed E-state index contributed by atoms with van der Waals surface area (Å²) in [7, 11) is 0. The van der Waals surface area contributed by atoms with Crippen LogP contribution >= 0.6 is 15.9 Å². The maximum absolute atomic E-state index is 7.68. The Morgan fingerprint density at radius 2 is 2.00 bits per heavy atom. The van der Waals surface area contributed by atoms with E-state index in [0.29, 0.717) is 12.1 Å². The molecule has 0 spiro atoms. The zero-order valence-electron chi connectivity index (χ0n) is 9.39. The van der Waals surface area contributed by atoms with Crippen molar-refractivity contribution in [1.82, 2.24) is 19.5 Å². The first-order chi connectivity index (χ1) is 8.74. The predicted octanol–water partition coefficient (Wildman–Crippen LogP) is 2.05. The fraction of sp³-hybridized carbons (Fsp3) is 0.0833. The highest BCUT2D eigenvalue weighted by Crippen LogP contribution is 2.12. The largest absolute Gasteiger partial charge is 0.340 e. The molecule has 0 aliphatic rings. The Kier molecular flexibility index (Phi) is 2.71. The Bertz CT molecular complexity index is 741. The van der Waals surface area contributed by atoms with Gasteiger partial charge in [0.1, 0.15) is 5.52 Å². The van der Waals surface area contributed by atoms with Crippen molar-refractivity contribution in [2.75, 3.05) is 0 Å². The van der Waals surface area contributed by atoms with Gasteiger partial charge in [-0.1, -0.05) is 28.1 Å². The highest BCUT2D eigenvalue weighted by molar-refractivity contribution is 9.10. The minimum Gasteiger partial charge on any atom is -0.340 e. The Labute approximate surface area is 111 Å². The lowest BCUT2D eigenvalue weighted by Crippen LogP contribution is -2.13. The van der Waals surface area contributed by atoms with Crippen molar-refractivity contribution in [3.8, 4) is 0 Å². The number of halogens is 1. The smallest absolute Gasteiger partial charge is 0.173 e. The Balaban J connectivity index is 2.05. The Morgan fingerprint density at radius 3 is 2.78 bits per heavy atom. The second-order valence-electron chi connectivity index (χ2n) is 3.95. The van der Waals surface area contributed by atoms with Gasteiger partial charge in [0.15, 0.2) is 11.1 Å². The van der Waals surface area contributed by atoms with E-state index in [1.807, 2.05) is 28.8 Å². The van der Waals surface area contributed by atoms with Crippen LogP contribution in [0.1, 0.15) is 5.56 Å². The topological polar surface area (TPSA) is 70.3 Å². The van der Waals surface area contributed by atoms with Crippen LogP contribution in [0.15, 0.2) is 41.4 Å². The molecular formula is C12H10BrN5. The molecule has 90 valence electrons. The quantitative estimate of drug-likeness (QED) is 0.760. The van der Waals surface area contributed by atoms with Gasteiger partial charge in [-0.25, -0.2) is 9.97 Å². The summed E-state index contributed by atoms with van der Waals surface area (Å²) in [6.45, 7) is 0.682. The summed E-state index contributed by atoms with van der Waals surface area (Å²) in [5.74, 6) is 0. The monoisotopic (exact) mass is 303 g/mol. The molecular weight excluding hydrogens is 294 g/mol. The van der Waals surface area contributed by atoms with E-state index >= 15 is 0 Å². The van der Waals surface area contributed by atoms with Gasteiger partial charge in [0.05, 0.1) is 19.2 Å². The summed E-state index contributed by atoms with van der Waals surface area (Å²) >= 11 is 3.41. The third kappa shape index (κ3) is 1.95. The van der Waals surface area contributed by atoms with E-state index in [-0.39, 0.29) is 5.49 Å². The number of aromatic amines is 1. The van der Waals surface area contributed by atoms with Crippen molar-refractivity contribution in [3.63, 3.8) is 0 Å². The second-order valence-corrected chi connectivity index (χ2v) is 4.86. The molecule has 0 saturated carbocycles. The van der Waals surface area contributed by atoms with E-state index in [9.17, 15) is 0 Å². The first-order valence-corrected chi connectivity index (χ1v) is 6.21. The zero-order valence-corrected chi connectivity index (χ0v) is 11.0. The van der Waals surface area contributed by atoms with Crippen molar-refractivity contribution in [2.45, 2.75) is 6.54 Å². The lowest BCUT2D eigenvalue weighted by atomic mass is 10.2. The van der Waals surface area contributed by atoms with Crippen LogP contribution in [0.4, 0.5) is 0 Å². The average Bonchev–Trinajstić information content (AvgIpc) is 2.86. The van der Waals surface area contributed by atoms with Gasteiger partial charge in [0, 0.05) is 4.47 Å². The van der Waals surface area contributed by atoms with Crippen LogP contribution in [0.25, 0.3) is 11.2 Å². The van der Waals surface area contributed by atoms with Crippen LogP contribution in [0.3, 0.4) is 0 Å². The van der Waals surface area contributed by atoms with Gasteiger partial charge in [0.2, 0.25) is 0 Å². The lowest BCUT2D eigenvalue weighted by Gasteiger charge is -2.07. The van der Waals surface area contributed by atoms with Crippen LogP contribution in [0.2, 0.25) is 0 Å². The van der Waals surface area contributed by atoms with Crippen molar-refractivity contribution < 1.29 is 0 Å². The number of fused-ring (bicyclic) bond motifs is 1. The summed E-state index contributed by atoms with van der Waals surface area (Å²) in [5, 5.41) is 7.68. The van der Waals surface area contributed by atoms with Crippen molar-refractivity contribution in [2.24, 2.45) is 0 Å². The molecule has 0 amide bonds. The summed E-state index contributed by atoms with van der Waals surface area (Å²) in [5.41, 5.74) is 2.79. The molecule has 0 fully saturated rings. The predicted molar refractivity (Wildman–Crippen MR) is 71.0 cm³/mol. The molecule has 3 aromatic rings. The van der Waals surface area contributed by atoms with Crippen LogP contribution in [0, 0.1) is 5.41 Å². The van der Waals surface area contributed by atoms with E-state index in [2.05, 4.69) is 30.9 Å². The normalized spacial score (nSPS) is 10.9. The minimum absolute atomic E-state index is 0.217. The maximum Gasteiger partial charge on any atom is 0.173 e. The molecule has 2 aromatic heterocycles. The molecule has 18 heavy (non-hydrogen) atoms. The van der Waals surface area contributed by atoms with Gasteiger partial charge >= 0.3 is 0 Å². The Hall–Kier alpha value is -1.95. The molecule has 0 aliphatic carbocycles. The minimum atomic E-state index is 0.217. The number of aromatic nitrogens is 4. The summed E-state index contributed by atoms with van der Waals surface area (Å²) in [6.07, 6.45) is 3.23. The fourth-order valence-corrected chi connectivity index (χ4v) is 2.09. The first kappa shape index (κ1) is 11.2. The number of nitrogens with one attached hydrogen (secondary N) is 2. The molecule has 0 radical (unpaired) electrons. The van der Waals surface area contributed by atoms with E-state index in [4.69, 9.17) is 5.41 Å². The molecule has 0 atom stereocenters. The van der Waals surface area contributed by atoms with Gasteiger partial charge in [-0.3, -0.25) is 5.41 Å². The molecule has 0 saturated heterocycles. The van der Waals surface area contributed by atoms with E-state index in [1.165, 1.54) is 0 Å². The standard InChI is InChI=1S/C12H10BrN5/c13-9-3-1-8(2-4-9)5-18-7-17-11(14)10-12(18)16-6-15-10/h1-4,6-7,14H,5H2,(H,15,16). The third-order valence-electron chi connectivity index (χ3n) is 2.72. The van der Waals surface area contributed by atoms with E-state index in [0.717, 1.165) is 15.7 Å². The first-order valence-electron chi connectivity index (χ1n) is 5.41. The molecule has 6 heteroatoms. The fourth-order valence-electron chi connectivity index (χ4n) is 1.83. The highest BCUT2D eigenvalue weighted by Gasteiger charge is 2.04. The van der Waals surface area contributed by atoms with Crippen molar-refractivity contribution >= 4 is 27.1 Å². The Morgan fingerprint density at radius 1 is 1.22 bits per heavy atom. The highest BCUT2D eigenvalue weighted by atomic mass is 79.9. The lowest BCUT2D eigenvalue weighted by molar-refractivity contribution is 0.783. The molecule has 2 N–H and O–H groups in total. The van der Waals surface area contributed by atoms with Crippen molar-refractivity contribution in [3.05, 3.63) is 52.4 Å². The van der Waals surface area contributed by atoms with E-state index < -0.39 is 0 Å². The number of imidazole rings is 1. The number of hydrogen-bond donors (Lipinski definition) is 2. The maximum atomic E-state index is 7.68. The van der Waals surface area contributed by atoms with Gasteiger partial charge < -0.3 is 9.55 Å². The molecule has 3 rings (SSSR count). The van der Waals surface area contributed by atoms with E-state index in [1.54, 1.807) is 12.7 Å². The SMILES string of the molecule is N=c1ncn(Cc2ccc(Br)cc2)c2nc[nH]c12. The zero-order chi connectivity index (χ0) is 12.5. The molecule has 0 bridgehead atoms. The summed E-state index contributed by atoms with van der Waals surface area (Å²) in [4.78, 5) is 11.2. The van der Waals surface area contributed by atoms with Gasteiger partial charge in [-0.2, -0.15) is 0 Å². The van der Waals surface area contributed by atoms with Crippen molar-refractivity contribution in [1.29, 1.82) is 5.41 Å². The van der Waals surface area contributed by atoms with Crippen LogP contribution in [-0.4, -0.2) is 19.5 Å². The average molecular weight is 304 g/mol. The molecule has 1 aromatic carbocycles. The summed E-state index contributed by atoms with van der Waals surface area (Å²) < 4.78 is 2.98. The summed E-state index contributed by atoms with van der Waals surface area (Å²) in [6, 6.07) is 8.10. The number of benzene rings is 1. The van der Waals surface area contributed by atoms with Crippen LogP contribution < -0.4 is 5.49 Å². The molecule has 2 heterocycles. The molecule has 0 aliphatic heterocycles. The van der Waals surface area contributed by atoms with Gasteiger partial charge in [0.25, 0.3) is 0 Å². The van der Waals surface area contributed by atoms with Gasteiger partial charge in [-0.05, 0) is 17.7 Å². The number of H-pyrrole nitrogens is 1. The third-order valence-corrected chi connectivity index (χ3v) is 3.25. The number of rotatable bonds is 2. The van der Waals surface area contributed by atoms with Crippen LogP contribution in [0.5, 0.6) is 0 Å². The van der Waals surface area contributed by atoms with Crippen LogP contribution in [-0.2, 0) is 6.54 Å². The molecule has 0 unspecified atom stereocenters. The molecule has 5 nitrogen and oxygen atoms in total. The number of nitrogens with zero attached hydrogens (tertiary/aromatic N) is 3. The number of hydrogen-bond acceptors (Lipinski definition) is 3.